The van der Waals surface area contributed by atoms with Crippen LogP contribution in [0.1, 0.15) is 91.6 Å². The second kappa shape index (κ2) is 16.7. The molecular formula is C46H53F2N13O4. The van der Waals surface area contributed by atoms with E-state index in [9.17, 15) is 23.2 Å². The zero-order valence-electron chi connectivity index (χ0n) is 36.4. The van der Waals surface area contributed by atoms with Crippen molar-refractivity contribution in [2.75, 3.05) is 62.7 Å². The summed E-state index contributed by atoms with van der Waals surface area (Å²) in [5.74, 6) is 0.761. The number of aromatic nitrogens is 9. The summed E-state index contributed by atoms with van der Waals surface area (Å²) in [5.41, 5.74) is 3.78. The number of ether oxygens (including phenoxy) is 1. The van der Waals surface area contributed by atoms with Crippen molar-refractivity contribution >= 4 is 45.7 Å². The molecule has 2 amide bonds. The summed E-state index contributed by atoms with van der Waals surface area (Å²) in [4.78, 5) is 48.6. The number of nitrogens with zero attached hydrogens (tertiary/aromatic N) is 11. The quantitative estimate of drug-likeness (QED) is 0.154. The third-order valence-corrected chi connectivity index (χ3v) is 14.6. The van der Waals surface area contributed by atoms with Crippen LogP contribution in [0.25, 0.3) is 27.7 Å². The van der Waals surface area contributed by atoms with Crippen LogP contribution in [0.2, 0.25) is 0 Å². The highest BCUT2D eigenvalue weighted by Gasteiger charge is 2.45. The number of halogens is 2. The van der Waals surface area contributed by atoms with Crippen LogP contribution >= 0.6 is 0 Å². The minimum atomic E-state index is -2.85. The maximum atomic E-state index is 14.4. The smallest absolute Gasteiger partial charge is 0.284 e. The topological polar surface area (TPSA) is 175 Å². The van der Waals surface area contributed by atoms with Crippen molar-refractivity contribution < 1.29 is 27.9 Å². The van der Waals surface area contributed by atoms with Gasteiger partial charge in [0, 0.05) is 74.1 Å². The van der Waals surface area contributed by atoms with E-state index in [2.05, 4.69) is 41.9 Å². The fraction of sp³-hybridized carbons (Fsp3) is 0.522. The Labute approximate surface area is 373 Å². The third kappa shape index (κ3) is 7.85. The van der Waals surface area contributed by atoms with Gasteiger partial charge in [0.05, 0.1) is 48.5 Å². The molecule has 1 aliphatic carbocycles. The fourth-order valence-electron chi connectivity index (χ4n) is 10.9. The Morgan fingerprint density at radius 2 is 1.78 bits per heavy atom. The zero-order chi connectivity index (χ0) is 44.4. The number of rotatable bonds is 11. The number of carbonyl (C=O) groups is 3. The molecule has 340 valence electrons. The maximum absolute atomic E-state index is 14.4. The van der Waals surface area contributed by atoms with E-state index in [1.54, 1.807) is 21.8 Å². The first-order valence-corrected chi connectivity index (χ1v) is 23.0. The molecule has 2 N–H and O–H groups in total. The number of hydrogen-bond acceptors (Lipinski definition) is 11. The van der Waals surface area contributed by atoms with Crippen LogP contribution < -0.4 is 15.5 Å². The van der Waals surface area contributed by atoms with Gasteiger partial charge < -0.3 is 25.2 Å². The molecule has 1 unspecified atom stereocenters. The minimum absolute atomic E-state index is 0.00747. The standard InChI is InChI=1S/C46H53F2N13O4/c1-28-39-33(3-2-4-36(39)61(54-28)41-37(62)9-14-49-45(41)64)31-19-50-58(23-31)22-30-10-15-56(16-11-30)21-29-5-7-32(8-6-29)60-24-35(40(55-60)42(47)48)52-44(63)34-20-51-59-17-12-38(53-43(34)59)57-18-13-46(25-57)26-65-27-46/h2-4,12,17,19-20,23-24,29-30,32,41-42H,5-11,13-16,18,21-22,25-27H2,1H3,(H,49,64)(H,52,63). The van der Waals surface area contributed by atoms with Gasteiger partial charge in [-0.2, -0.15) is 20.4 Å². The highest BCUT2D eigenvalue weighted by molar-refractivity contribution is 6.09. The van der Waals surface area contributed by atoms with E-state index in [-0.39, 0.29) is 34.4 Å². The molecule has 9 heterocycles. The molecule has 0 bridgehead atoms. The van der Waals surface area contributed by atoms with E-state index >= 15 is 0 Å². The monoisotopic (exact) mass is 889 g/mol. The first-order valence-electron chi connectivity index (χ1n) is 23.0. The SMILES string of the molecule is Cc1nn(C2C(=O)CCNC2=O)c2cccc(-c3cnn(CC4CCN(CC5CCC(n6cc(NC(=O)c7cnn8ccc(N9CCC%10(COC%10)C9)nc78)c(C(F)F)n6)CC5)CC4)c3)c12. The second-order valence-electron chi connectivity index (χ2n) is 18.9. The molecule has 1 spiro atoms. The van der Waals surface area contributed by atoms with Crippen molar-refractivity contribution in [2.45, 2.75) is 83.3 Å². The number of nitrogens with one attached hydrogen (secondary N) is 2. The lowest BCUT2D eigenvalue weighted by Gasteiger charge is -2.37. The second-order valence-corrected chi connectivity index (χ2v) is 18.9. The number of fused-ring (bicyclic) bond motifs is 2. The van der Waals surface area contributed by atoms with Gasteiger partial charge >= 0.3 is 0 Å². The van der Waals surface area contributed by atoms with Crippen LogP contribution in [-0.2, 0) is 20.9 Å². The summed E-state index contributed by atoms with van der Waals surface area (Å²) in [7, 11) is 0. The number of benzene rings is 1. The molecule has 17 nitrogen and oxygen atoms in total. The highest BCUT2D eigenvalue weighted by Crippen LogP contribution is 2.40. The summed E-state index contributed by atoms with van der Waals surface area (Å²) >= 11 is 0. The number of piperidine rings is 2. The summed E-state index contributed by atoms with van der Waals surface area (Å²) in [6.45, 7) is 9.32. The van der Waals surface area contributed by atoms with Gasteiger partial charge in [-0.1, -0.05) is 12.1 Å². The zero-order valence-corrected chi connectivity index (χ0v) is 36.4. The number of anilines is 2. The molecule has 5 fully saturated rings. The fourth-order valence-corrected chi connectivity index (χ4v) is 10.9. The summed E-state index contributed by atoms with van der Waals surface area (Å²) in [6.07, 6.45) is 12.9. The van der Waals surface area contributed by atoms with Gasteiger partial charge in [0.25, 0.3) is 18.2 Å². The average molecular weight is 890 g/mol. The van der Waals surface area contributed by atoms with Gasteiger partial charge in [-0.05, 0) is 94.5 Å². The van der Waals surface area contributed by atoms with Crippen LogP contribution in [-0.4, -0.2) is 119 Å². The molecule has 4 saturated heterocycles. The predicted octanol–water partition coefficient (Wildman–Crippen LogP) is 5.64. The molecule has 6 aromatic rings. The van der Waals surface area contributed by atoms with Crippen LogP contribution in [0, 0.1) is 24.2 Å². The number of aryl methyl sites for hydroxylation is 1. The van der Waals surface area contributed by atoms with Gasteiger partial charge in [0.2, 0.25) is 0 Å². The lowest BCUT2D eigenvalue weighted by molar-refractivity contribution is -0.135. The van der Waals surface area contributed by atoms with Crippen LogP contribution in [0.4, 0.5) is 20.3 Å². The van der Waals surface area contributed by atoms with Crippen molar-refractivity contribution in [2.24, 2.45) is 17.3 Å². The number of carbonyl (C=O) groups excluding carboxylic acids is 3. The van der Waals surface area contributed by atoms with E-state index in [1.807, 2.05) is 42.1 Å². The molecule has 1 atom stereocenters. The third-order valence-electron chi connectivity index (χ3n) is 14.6. The van der Waals surface area contributed by atoms with Crippen molar-refractivity contribution in [1.82, 2.24) is 54.2 Å². The number of Topliss-reactive ketones (excluding diaryl/α,β-unsaturated/α-hetero) is 1. The highest BCUT2D eigenvalue weighted by atomic mass is 19.3. The molecule has 65 heavy (non-hydrogen) atoms. The predicted molar refractivity (Wildman–Crippen MR) is 236 cm³/mol. The Morgan fingerprint density at radius 1 is 0.969 bits per heavy atom. The largest absolute Gasteiger partial charge is 0.380 e. The Kier molecular flexibility index (Phi) is 10.7. The molecule has 5 aromatic heterocycles. The first kappa shape index (κ1) is 41.6. The molecule has 1 aromatic carbocycles. The van der Waals surface area contributed by atoms with Gasteiger partial charge in [0.15, 0.2) is 23.2 Å². The van der Waals surface area contributed by atoms with Crippen LogP contribution in [0.3, 0.4) is 0 Å². The van der Waals surface area contributed by atoms with E-state index in [0.717, 1.165) is 131 Å². The lowest BCUT2D eigenvalue weighted by atomic mass is 9.85. The van der Waals surface area contributed by atoms with Gasteiger partial charge in [-0.25, -0.2) is 23.0 Å². The van der Waals surface area contributed by atoms with E-state index in [1.165, 1.54) is 10.7 Å². The molecule has 5 aliphatic rings. The number of likely N-dealkylation sites (tertiary alicyclic amines) is 1. The van der Waals surface area contributed by atoms with E-state index in [4.69, 9.17) is 14.8 Å². The van der Waals surface area contributed by atoms with Crippen molar-refractivity contribution in [3.05, 3.63) is 72.2 Å². The van der Waals surface area contributed by atoms with Crippen molar-refractivity contribution in [3.8, 4) is 11.1 Å². The minimum Gasteiger partial charge on any atom is -0.380 e. The Morgan fingerprint density at radius 3 is 2.54 bits per heavy atom. The van der Waals surface area contributed by atoms with Gasteiger partial charge in [-0.3, -0.25) is 23.7 Å². The normalized spacial score (nSPS) is 23.0. The summed E-state index contributed by atoms with van der Waals surface area (Å²) in [5, 5.41) is 24.5. The van der Waals surface area contributed by atoms with Crippen LogP contribution in [0.15, 0.2) is 55.2 Å². The van der Waals surface area contributed by atoms with E-state index < -0.39 is 24.1 Å². The number of amides is 2. The van der Waals surface area contributed by atoms with Crippen molar-refractivity contribution in [3.63, 3.8) is 0 Å². The molecule has 4 aliphatic heterocycles. The Balaban J connectivity index is 0.673. The number of alkyl halides is 2. The molecule has 19 heteroatoms. The average Bonchev–Trinajstić information content (AvgIpc) is 4.15. The Hall–Kier alpha value is -6.08. The molecule has 1 saturated carbocycles. The maximum Gasteiger partial charge on any atom is 0.284 e. The summed E-state index contributed by atoms with van der Waals surface area (Å²) in [6, 6.07) is 6.78. The van der Waals surface area contributed by atoms with Gasteiger partial charge in [-0.15, -0.1) is 0 Å². The first-order chi connectivity index (χ1) is 31.6. The summed E-state index contributed by atoms with van der Waals surface area (Å²) < 4.78 is 40.9. The lowest BCUT2D eigenvalue weighted by Crippen LogP contribution is -2.44. The van der Waals surface area contributed by atoms with Crippen molar-refractivity contribution in [1.29, 1.82) is 0 Å². The number of hydrogen-bond donors (Lipinski definition) is 2. The molecular weight excluding hydrogens is 837 g/mol. The molecule has 0 radical (unpaired) electrons. The molecule has 11 rings (SSSR count). The van der Waals surface area contributed by atoms with Crippen LogP contribution in [0.5, 0.6) is 0 Å². The Bertz CT molecular complexity index is 2760. The van der Waals surface area contributed by atoms with E-state index in [0.29, 0.717) is 30.4 Å². The number of ketones is 1. The van der Waals surface area contributed by atoms with Gasteiger partial charge in [0.1, 0.15) is 11.4 Å².